The van der Waals surface area contributed by atoms with Crippen LogP contribution in [0.3, 0.4) is 0 Å². The van der Waals surface area contributed by atoms with Crippen LogP contribution in [0.25, 0.3) is 5.69 Å². The van der Waals surface area contributed by atoms with Gasteiger partial charge < -0.3 is 19.5 Å². The zero-order valence-corrected chi connectivity index (χ0v) is 17.6. The highest BCUT2D eigenvalue weighted by molar-refractivity contribution is 5.37. The Hall–Kier alpha value is -3.74. The number of quaternary nitrogens is 1. The number of fused-ring (bicyclic) bond motifs is 1. The van der Waals surface area contributed by atoms with Crippen LogP contribution in [0, 0.1) is 0 Å². The standard InChI is InChI=1S/C21H21N9O3/c1-2-8-23-14(3-1)9-24-17-10-31-20-18(11-32-19(17)20)30-21(26-27-28-30)33-16-6-4-15(5-7-16)29-13-22-12-25-29/h1-8,12-13,17-20,24H,9-11H2/p+1/t17-,18-,19+,20+/m0/s1. The zero-order chi connectivity index (χ0) is 22.0. The molecule has 0 amide bonds. The van der Waals surface area contributed by atoms with E-state index >= 15 is 0 Å². The van der Waals surface area contributed by atoms with E-state index in [4.69, 9.17) is 14.2 Å². The number of hydrogen-bond donors (Lipinski definition) is 1. The molecular formula is C21H22N9O3+. The average Bonchev–Trinajstić information content (AvgIpc) is 3.64. The number of benzene rings is 1. The first-order valence-electron chi connectivity index (χ1n) is 10.7. The first kappa shape index (κ1) is 19.9. The van der Waals surface area contributed by atoms with Crippen LogP contribution >= 0.6 is 0 Å². The molecule has 2 aliphatic rings. The second-order valence-electron chi connectivity index (χ2n) is 7.93. The quantitative estimate of drug-likeness (QED) is 0.412. The first-order valence-corrected chi connectivity index (χ1v) is 10.7. The Morgan fingerprint density at radius 1 is 1.06 bits per heavy atom. The van der Waals surface area contributed by atoms with Gasteiger partial charge in [-0.25, -0.2) is 9.67 Å². The van der Waals surface area contributed by atoms with Crippen molar-refractivity contribution in [2.45, 2.75) is 30.8 Å². The molecule has 0 spiro atoms. The highest BCUT2D eigenvalue weighted by Gasteiger charge is 2.51. The number of rotatable bonds is 7. The van der Waals surface area contributed by atoms with Gasteiger partial charge in [0.1, 0.15) is 55.8 Å². The van der Waals surface area contributed by atoms with Gasteiger partial charge in [-0.2, -0.15) is 9.78 Å². The molecule has 0 unspecified atom stereocenters. The zero-order valence-electron chi connectivity index (χ0n) is 17.6. The summed E-state index contributed by atoms with van der Waals surface area (Å²) in [5.74, 6) is 0.610. The van der Waals surface area contributed by atoms with Crippen LogP contribution < -0.4 is 10.1 Å². The summed E-state index contributed by atoms with van der Waals surface area (Å²) >= 11 is 0. The van der Waals surface area contributed by atoms with Crippen molar-refractivity contribution in [3.05, 3.63) is 67.0 Å². The van der Waals surface area contributed by atoms with Crippen LogP contribution in [0.4, 0.5) is 0 Å². The molecule has 33 heavy (non-hydrogen) atoms. The Bertz CT molecular complexity index is 1180. The van der Waals surface area contributed by atoms with Crippen LogP contribution in [-0.2, 0) is 16.0 Å². The Kier molecular flexibility index (Phi) is 5.22. The fraction of sp³-hybridized carbons (Fsp3) is 0.333. The topological polar surface area (TPSA) is 132 Å². The summed E-state index contributed by atoms with van der Waals surface area (Å²) in [6.07, 6.45) is 4.74. The lowest BCUT2D eigenvalue weighted by Crippen LogP contribution is -2.91. The molecule has 2 N–H and O–H groups in total. The summed E-state index contributed by atoms with van der Waals surface area (Å²) in [6.45, 7) is 1.83. The monoisotopic (exact) mass is 448 g/mol. The normalized spacial score (nSPS) is 24.1. The van der Waals surface area contributed by atoms with E-state index in [9.17, 15) is 0 Å². The van der Waals surface area contributed by atoms with Crippen molar-refractivity contribution in [3.8, 4) is 17.4 Å². The minimum Gasteiger partial charge on any atom is -0.423 e. The van der Waals surface area contributed by atoms with E-state index < -0.39 is 0 Å². The minimum absolute atomic E-state index is 0.0438. The van der Waals surface area contributed by atoms with Crippen molar-refractivity contribution in [2.75, 3.05) is 13.2 Å². The molecule has 168 valence electrons. The predicted octanol–water partition coefficient (Wildman–Crippen LogP) is -0.0880. The summed E-state index contributed by atoms with van der Waals surface area (Å²) in [7, 11) is 0. The summed E-state index contributed by atoms with van der Waals surface area (Å²) in [5.41, 5.74) is 1.90. The highest BCUT2D eigenvalue weighted by Crippen LogP contribution is 2.35. The molecule has 0 saturated carbocycles. The van der Waals surface area contributed by atoms with Crippen molar-refractivity contribution < 1.29 is 19.5 Å². The average molecular weight is 448 g/mol. The number of nitrogens with zero attached hydrogens (tertiary/aromatic N) is 8. The van der Waals surface area contributed by atoms with E-state index in [1.165, 1.54) is 6.33 Å². The Labute approximate surface area is 188 Å². The van der Waals surface area contributed by atoms with Crippen molar-refractivity contribution >= 4 is 0 Å². The van der Waals surface area contributed by atoms with Gasteiger partial charge in [0, 0.05) is 6.20 Å². The molecule has 0 bridgehead atoms. The van der Waals surface area contributed by atoms with Crippen LogP contribution in [0.5, 0.6) is 11.8 Å². The SMILES string of the molecule is c1ccc(C[NH2+][C@H]2CO[C@H]3[C@@H]2OC[C@@H]3n2nnnc2Oc2ccc(-n3cncn3)cc2)nc1. The van der Waals surface area contributed by atoms with Crippen LogP contribution in [-0.4, -0.2) is 71.4 Å². The molecule has 3 aromatic heterocycles. The van der Waals surface area contributed by atoms with Gasteiger partial charge in [-0.05, 0) is 46.8 Å². The molecular weight excluding hydrogens is 426 g/mol. The smallest absolute Gasteiger partial charge is 0.341 e. The van der Waals surface area contributed by atoms with Crippen molar-refractivity contribution in [1.29, 1.82) is 0 Å². The molecule has 5 heterocycles. The summed E-state index contributed by atoms with van der Waals surface area (Å²) < 4.78 is 21.5. The van der Waals surface area contributed by atoms with Crippen molar-refractivity contribution in [1.82, 2.24) is 40.0 Å². The molecule has 2 saturated heterocycles. The van der Waals surface area contributed by atoms with Crippen molar-refractivity contribution in [2.24, 2.45) is 0 Å². The first-order chi connectivity index (χ1) is 16.3. The maximum atomic E-state index is 6.11. The fourth-order valence-corrected chi connectivity index (χ4v) is 4.29. The largest absolute Gasteiger partial charge is 0.423 e. The van der Waals surface area contributed by atoms with E-state index in [1.54, 1.807) is 21.9 Å². The van der Waals surface area contributed by atoms with Crippen LogP contribution in [0.1, 0.15) is 11.7 Å². The molecule has 12 nitrogen and oxygen atoms in total. The number of aromatic nitrogens is 8. The van der Waals surface area contributed by atoms with Gasteiger partial charge in [-0.1, -0.05) is 11.2 Å². The third kappa shape index (κ3) is 3.95. The number of hydrogen-bond acceptors (Lipinski definition) is 9. The van der Waals surface area contributed by atoms with Crippen LogP contribution in [0.15, 0.2) is 61.3 Å². The highest BCUT2D eigenvalue weighted by atomic mass is 16.6. The summed E-state index contributed by atoms with van der Waals surface area (Å²) in [5, 5.41) is 18.4. The van der Waals surface area contributed by atoms with E-state index in [2.05, 4.69) is 35.9 Å². The molecule has 1 aromatic carbocycles. The number of pyridine rings is 1. The van der Waals surface area contributed by atoms with Gasteiger partial charge in [0.2, 0.25) is 0 Å². The Morgan fingerprint density at radius 3 is 2.79 bits per heavy atom. The van der Waals surface area contributed by atoms with E-state index in [0.717, 1.165) is 17.9 Å². The van der Waals surface area contributed by atoms with Crippen molar-refractivity contribution in [3.63, 3.8) is 0 Å². The summed E-state index contributed by atoms with van der Waals surface area (Å²) in [4.78, 5) is 8.34. The Morgan fingerprint density at radius 2 is 1.97 bits per heavy atom. The minimum atomic E-state index is -0.164. The number of tetrazole rings is 1. The van der Waals surface area contributed by atoms with E-state index in [0.29, 0.717) is 25.0 Å². The van der Waals surface area contributed by atoms with E-state index in [-0.39, 0.29) is 24.3 Å². The lowest BCUT2D eigenvalue weighted by atomic mass is 10.1. The van der Waals surface area contributed by atoms with Gasteiger partial charge in [-0.3, -0.25) is 4.98 Å². The van der Waals surface area contributed by atoms with Gasteiger partial charge >= 0.3 is 6.01 Å². The fourth-order valence-electron chi connectivity index (χ4n) is 4.29. The molecule has 6 rings (SSSR count). The van der Waals surface area contributed by atoms with Crippen LogP contribution in [0.2, 0.25) is 0 Å². The molecule has 0 aliphatic carbocycles. The summed E-state index contributed by atoms with van der Waals surface area (Å²) in [6, 6.07) is 13.7. The van der Waals surface area contributed by atoms with Gasteiger partial charge in [0.05, 0.1) is 18.0 Å². The molecule has 4 aromatic rings. The maximum absolute atomic E-state index is 6.11. The predicted molar refractivity (Wildman–Crippen MR) is 111 cm³/mol. The molecule has 12 heteroatoms. The number of ether oxygens (including phenoxy) is 3. The molecule has 0 radical (unpaired) electrons. The second kappa shape index (κ2) is 8.65. The lowest BCUT2D eigenvalue weighted by molar-refractivity contribution is -0.708. The van der Waals surface area contributed by atoms with Gasteiger partial charge in [-0.15, -0.1) is 0 Å². The van der Waals surface area contributed by atoms with E-state index in [1.807, 2.05) is 42.5 Å². The maximum Gasteiger partial charge on any atom is 0.341 e. The second-order valence-corrected chi connectivity index (χ2v) is 7.93. The third-order valence-electron chi connectivity index (χ3n) is 5.93. The number of nitrogens with two attached hydrogens (primary N) is 1. The Balaban J connectivity index is 1.12. The lowest BCUT2D eigenvalue weighted by Gasteiger charge is -2.16. The third-order valence-corrected chi connectivity index (χ3v) is 5.93. The molecule has 4 atom stereocenters. The molecule has 2 aliphatic heterocycles. The van der Waals surface area contributed by atoms with Gasteiger partial charge in [0.15, 0.2) is 0 Å². The molecule has 2 fully saturated rings. The van der Waals surface area contributed by atoms with Gasteiger partial charge in [0.25, 0.3) is 0 Å².